The Morgan fingerprint density at radius 3 is 2.24 bits per heavy atom. The predicted molar refractivity (Wildman–Crippen MR) is 83.8 cm³/mol. The fourth-order valence-corrected chi connectivity index (χ4v) is 2.59. The summed E-state index contributed by atoms with van der Waals surface area (Å²) in [6, 6.07) is 15.8. The molecule has 21 heavy (non-hydrogen) atoms. The SMILES string of the molecule is CC(Sc1ccccc1)C(=O)Nc1ccc(C(=O)O)cc1. The van der Waals surface area contributed by atoms with E-state index >= 15 is 0 Å². The van der Waals surface area contributed by atoms with Crippen LogP contribution in [0.3, 0.4) is 0 Å². The van der Waals surface area contributed by atoms with Gasteiger partial charge in [0.1, 0.15) is 0 Å². The second-order valence-electron chi connectivity index (χ2n) is 4.44. The Labute approximate surface area is 127 Å². The summed E-state index contributed by atoms with van der Waals surface area (Å²) in [5, 5.41) is 11.4. The third-order valence-corrected chi connectivity index (χ3v) is 3.94. The van der Waals surface area contributed by atoms with Crippen molar-refractivity contribution in [1.29, 1.82) is 0 Å². The van der Waals surface area contributed by atoms with Crippen LogP contribution in [-0.2, 0) is 4.79 Å². The second kappa shape index (κ2) is 6.95. The van der Waals surface area contributed by atoms with Crippen LogP contribution in [0.5, 0.6) is 0 Å². The molecule has 1 amide bonds. The zero-order valence-corrected chi connectivity index (χ0v) is 12.3. The number of anilines is 1. The maximum atomic E-state index is 12.1. The molecule has 108 valence electrons. The summed E-state index contributed by atoms with van der Waals surface area (Å²) in [6.45, 7) is 1.83. The molecule has 0 aliphatic carbocycles. The van der Waals surface area contributed by atoms with Gasteiger partial charge in [-0.3, -0.25) is 4.79 Å². The first-order chi connectivity index (χ1) is 10.1. The number of nitrogens with one attached hydrogen (secondary N) is 1. The van der Waals surface area contributed by atoms with Gasteiger partial charge in [0, 0.05) is 10.6 Å². The van der Waals surface area contributed by atoms with Gasteiger partial charge in [-0.25, -0.2) is 4.79 Å². The minimum Gasteiger partial charge on any atom is -0.478 e. The molecule has 4 nitrogen and oxygen atoms in total. The lowest BCUT2D eigenvalue weighted by atomic mass is 10.2. The molecule has 0 radical (unpaired) electrons. The average molecular weight is 301 g/mol. The van der Waals surface area contributed by atoms with E-state index in [-0.39, 0.29) is 16.7 Å². The summed E-state index contributed by atoms with van der Waals surface area (Å²) >= 11 is 1.47. The number of carbonyl (C=O) groups is 2. The van der Waals surface area contributed by atoms with Crippen molar-refractivity contribution in [3.8, 4) is 0 Å². The number of hydrogen-bond donors (Lipinski definition) is 2. The number of rotatable bonds is 5. The highest BCUT2D eigenvalue weighted by atomic mass is 32.2. The van der Waals surface area contributed by atoms with Crippen molar-refractivity contribution >= 4 is 29.3 Å². The van der Waals surface area contributed by atoms with Crippen LogP contribution < -0.4 is 5.32 Å². The highest BCUT2D eigenvalue weighted by molar-refractivity contribution is 8.00. The van der Waals surface area contributed by atoms with Crippen LogP contribution in [0.15, 0.2) is 59.5 Å². The molecule has 0 saturated heterocycles. The number of carboxylic acid groups (broad SMARTS) is 1. The topological polar surface area (TPSA) is 66.4 Å². The van der Waals surface area contributed by atoms with Crippen LogP contribution >= 0.6 is 11.8 Å². The Bertz CT molecular complexity index is 626. The molecule has 0 spiro atoms. The average Bonchev–Trinajstić information content (AvgIpc) is 2.48. The minimum atomic E-state index is -0.985. The van der Waals surface area contributed by atoms with E-state index in [4.69, 9.17) is 5.11 Å². The molecule has 2 N–H and O–H groups in total. The van der Waals surface area contributed by atoms with Crippen molar-refractivity contribution in [3.63, 3.8) is 0 Å². The van der Waals surface area contributed by atoms with Crippen molar-refractivity contribution in [2.24, 2.45) is 0 Å². The Hall–Kier alpha value is -2.27. The van der Waals surface area contributed by atoms with Gasteiger partial charge in [-0.2, -0.15) is 0 Å². The lowest BCUT2D eigenvalue weighted by Gasteiger charge is -2.12. The number of thioether (sulfide) groups is 1. The molecule has 1 atom stereocenters. The molecular weight excluding hydrogens is 286 g/mol. The monoisotopic (exact) mass is 301 g/mol. The van der Waals surface area contributed by atoms with E-state index in [1.165, 1.54) is 23.9 Å². The summed E-state index contributed by atoms with van der Waals surface area (Å²) in [7, 11) is 0. The van der Waals surface area contributed by atoms with Crippen molar-refractivity contribution in [1.82, 2.24) is 0 Å². The highest BCUT2D eigenvalue weighted by Crippen LogP contribution is 2.23. The number of carboxylic acids is 1. The standard InChI is InChI=1S/C16H15NO3S/c1-11(21-14-5-3-2-4-6-14)15(18)17-13-9-7-12(8-10-13)16(19)20/h2-11H,1H3,(H,17,18)(H,19,20). The number of benzene rings is 2. The van der Waals surface area contributed by atoms with Crippen LogP contribution in [0, 0.1) is 0 Å². The van der Waals surface area contributed by atoms with Gasteiger partial charge in [0.15, 0.2) is 0 Å². The van der Waals surface area contributed by atoms with Gasteiger partial charge < -0.3 is 10.4 Å². The first-order valence-electron chi connectivity index (χ1n) is 6.42. The first kappa shape index (κ1) is 15.1. The zero-order valence-electron chi connectivity index (χ0n) is 11.4. The third kappa shape index (κ3) is 4.36. The maximum Gasteiger partial charge on any atom is 0.335 e. The lowest BCUT2D eigenvalue weighted by molar-refractivity contribution is -0.115. The molecule has 0 fully saturated rings. The Kier molecular flexibility index (Phi) is 5.00. The molecule has 0 saturated carbocycles. The van der Waals surface area contributed by atoms with Gasteiger partial charge in [0.2, 0.25) is 5.91 Å². The van der Waals surface area contributed by atoms with Crippen molar-refractivity contribution < 1.29 is 14.7 Å². The lowest BCUT2D eigenvalue weighted by Crippen LogP contribution is -2.22. The number of hydrogen-bond acceptors (Lipinski definition) is 3. The van der Waals surface area contributed by atoms with Crippen LogP contribution in [0.4, 0.5) is 5.69 Å². The fraction of sp³-hybridized carbons (Fsp3) is 0.125. The summed E-state index contributed by atoms with van der Waals surface area (Å²) in [4.78, 5) is 23.9. The van der Waals surface area contributed by atoms with Crippen molar-refractivity contribution in [2.75, 3.05) is 5.32 Å². The van der Waals surface area contributed by atoms with Gasteiger partial charge in [-0.1, -0.05) is 18.2 Å². The Balaban J connectivity index is 1.95. The smallest absolute Gasteiger partial charge is 0.335 e. The van der Waals surface area contributed by atoms with E-state index in [0.29, 0.717) is 5.69 Å². The molecule has 0 aliphatic rings. The van der Waals surface area contributed by atoms with Crippen LogP contribution in [0.2, 0.25) is 0 Å². The van der Waals surface area contributed by atoms with Gasteiger partial charge in [0.25, 0.3) is 0 Å². The van der Waals surface area contributed by atoms with Gasteiger partial charge in [-0.15, -0.1) is 11.8 Å². The van der Waals surface area contributed by atoms with Gasteiger partial charge in [0.05, 0.1) is 10.8 Å². The van der Waals surface area contributed by atoms with Gasteiger partial charge in [-0.05, 0) is 43.3 Å². The third-order valence-electron chi connectivity index (χ3n) is 2.82. The fourth-order valence-electron chi connectivity index (χ4n) is 1.70. The molecule has 0 aliphatic heterocycles. The predicted octanol–water partition coefficient (Wildman–Crippen LogP) is 3.50. The van der Waals surface area contributed by atoms with Crippen LogP contribution in [0.25, 0.3) is 0 Å². The van der Waals surface area contributed by atoms with E-state index in [1.807, 2.05) is 37.3 Å². The number of aromatic carboxylic acids is 1. The number of amides is 1. The summed E-state index contributed by atoms with van der Waals surface area (Å²) in [5.74, 6) is -1.10. The Morgan fingerprint density at radius 2 is 1.67 bits per heavy atom. The zero-order chi connectivity index (χ0) is 15.2. The maximum absolute atomic E-state index is 12.1. The largest absolute Gasteiger partial charge is 0.478 e. The summed E-state index contributed by atoms with van der Waals surface area (Å²) in [6.07, 6.45) is 0. The molecule has 5 heteroatoms. The van der Waals surface area contributed by atoms with Crippen LogP contribution in [0.1, 0.15) is 17.3 Å². The minimum absolute atomic E-state index is 0.119. The molecular formula is C16H15NO3S. The molecule has 0 heterocycles. The quantitative estimate of drug-likeness (QED) is 0.829. The molecule has 2 aromatic rings. The summed E-state index contributed by atoms with van der Waals surface area (Å²) in [5.41, 5.74) is 0.783. The normalized spacial score (nSPS) is 11.7. The highest BCUT2D eigenvalue weighted by Gasteiger charge is 2.14. The van der Waals surface area contributed by atoms with E-state index in [0.717, 1.165) is 4.90 Å². The Morgan fingerprint density at radius 1 is 1.05 bits per heavy atom. The molecule has 0 aromatic heterocycles. The van der Waals surface area contributed by atoms with Crippen molar-refractivity contribution in [3.05, 3.63) is 60.2 Å². The number of carbonyl (C=O) groups excluding carboxylic acids is 1. The van der Waals surface area contributed by atoms with E-state index in [1.54, 1.807) is 12.1 Å². The molecule has 2 rings (SSSR count). The van der Waals surface area contributed by atoms with Crippen molar-refractivity contribution in [2.45, 2.75) is 17.1 Å². The second-order valence-corrected chi connectivity index (χ2v) is 5.86. The van der Waals surface area contributed by atoms with E-state index in [9.17, 15) is 9.59 Å². The van der Waals surface area contributed by atoms with Crippen LogP contribution in [-0.4, -0.2) is 22.2 Å². The van der Waals surface area contributed by atoms with E-state index < -0.39 is 5.97 Å². The molecule has 0 bridgehead atoms. The molecule has 1 unspecified atom stereocenters. The van der Waals surface area contributed by atoms with Gasteiger partial charge >= 0.3 is 5.97 Å². The van der Waals surface area contributed by atoms with E-state index in [2.05, 4.69) is 5.32 Å². The first-order valence-corrected chi connectivity index (χ1v) is 7.30. The summed E-state index contributed by atoms with van der Waals surface area (Å²) < 4.78 is 0. The molecule has 2 aromatic carbocycles.